The molecule has 3 rings (SSSR count). The quantitative estimate of drug-likeness (QED) is 0.304. The largest absolute Gasteiger partial charge is 0.329 e. The van der Waals surface area contributed by atoms with Gasteiger partial charge in [-0.25, -0.2) is 4.31 Å². The topological polar surface area (TPSA) is 90.2 Å². The van der Waals surface area contributed by atoms with E-state index < -0.39 is 22.6 Å². The fourth-order valence-corrected chi connectivity index (χ4v) is 15.3. The Morgan fingerprint density at radius 2 is 0.889 bits per heavy atom. The van der Waals surface area contributed by atoms with Crippen molar-refractivity contribution in [3.8, 4) is 0 Å². The molecule has 0 aliphatic heterocycles. The SMILES string of the molecule is OP(O)(=S)OP(O)(O)=[SH](c1ccccc1)(c1ccccc1)c1ccccc1. The third-order valence-corrected chi connectivity index (χ3v) is 15.3. The summed E-state index contributed by atoms with van der Waals surface area (Å²) in [6, 6.07) is 27.0. The highest BCUT2D eigenvalue weighted by atomic mass is 32.6. The average molecular weight is 442 g/mol. The molecule has 4 N–H and O–H groups in total. The molecule has 0 radical (unpaired) electrons. The van der Waals surface area contributed by atoms with Gasteiger partial charge in [0.25, 0.3) is 6.72 Å². The minimum atomic E-state index is -4.41. The van der Waals surface area contributed by atoms with E-state index in [9.17, 15) is 19.6 Å². The molecule has 27 heavy (non-hydrogen) atoms. The minimum absolute atomic E-state index is 0.643. The first-order valence-electron chi connectivity index (χ1n) is 7.95. The van der Waals surface area contributed by atoms with Crippen LogP contribution in [0.2, 0.25) is 0 Å². The summed E-state index contributed by atoms with van der Waals surface area (Å²) in [6.45, 7) is -8.75. The third kappa shape index (κ3) is 4.17. The summed E-state index contributed by atoms with van der Waals surface area (Å²) >= 11 is 4.58. The smallest absolute Gasteiger partial charge is 0.328 e. The van der Waals surface area contributed by atoms with Gasteiger partial charge >= 0.3 is 6.72 Å². The Kier molecular flexibility index (Phi) is 6.18. The van der Waals surface area contributed by atoms with E-state index in [0.717, 1.165) is 0 Å². The summed E-state index contributed by atoms with van der Waals surface area (Å²) in [5, 5.41) is 0. The van der Waals surface area contributed by atoms with Gasteiger partial charge in [0.05, 0.1) is 0 Å². The van der Waals surface area contributed by atoms with Crippen LogP contribution in [0, 0.1) is 0 Å². The Hall–Kier alpha value is -1.11. The fourth-order valence-electron chi connectivity index (χ4n) is 3.03. The first-order valence-corrected chi connectivity index (χ1v) is 14.7. The van der Waals surface area contributed by atoms with Crippen molar-refractivity contribution in [2.24, 2.45) is 0 Å². The summed E-state index contributed by atoms with van der Waals surface area (Å²) in [4.78, 5) is 43.9. The van der Waals surface area contributed by atoms with Crippen LogP contribution in [0.3, 0.4) is 0 Å². The maximum absolute atomic E-state index is 11.3. The van der Waals surface area contributed by atoms with Crippen molar-refractivity contribution >= 4 is 34.5 Å². The molecule has 3 aromatic carbocycles. The van der Waals surface area contributed by atoms with Gasteiger partial charge in [0, 0.05) is 0 Å². The summed E-state index contributed by atoms with van der Waals surface area (Å²) in [5.41, 5.74) is 0. The predicted octanol–water partition coefficient (Wildman–Crippen LogP) is 3.94. The molecule has 0 aromatic heterocycles. The van der Waals surface area contributed by atoms with Crippen molar-refractivity contribution in [2.75, 3.05) is 0 Å². The van der Waals surface area contributed by atoms with Gasteiger partial charge in [0.1, 0.15) is 0 Å². The van der Waals surface area contributed by atoms with Gasteiger partial charge in [0.2, 0.25) is 0 Å². The van der Waals surface area contributed by atoms with Gasteiger partial charge in [-0.3, -0.25) is 0 Å². The summed E-state index contributed by atoms with van der Waals surface area (Å²) in [6.07, 6.45) is 0. The van der Waals surface area contributed by atoms with Gasteiger partial charge in [-0.05, 0) is 62.9 Å². The molecule has 0 aliphatic carbocycles. The molecule has 5 nitrogen and oxygen atoms in total. The van der Waals surface area contributed by atoms with Crippen LogP contribution in [0.15, 0.2) is 106 Å². The summed E-state index contributed by atoms with van der Waals surface area (Å²) in [5.74, 6) is 0. The Balaban J connectivity index is 2.58. The summed E-state index contributed by atoms with van der Waals surface area (Å²) in [7, 11) is -3.21. The van der Waals surface area contributed by atoms with E-state index in [-0.39, 0.29) is 0 Å². The first kappa shape index (κ1) is 20.6. The Labute approximate surface area is 164 Å². The van der Waals surface area contributed by atoms with Crippen LogP contribution in [0.4, 0.5) is 0 Å². The molecule has 0 amide bonds. The molecule has 0 aliphatic rings. The van der Waals surface area contributed by atoms with Crippen LogP contribution in [0.25, 0.3) is 0 Å². The number of thiol groups is 1. The number of hydrogen-bond acceptors (Lipinski definition) is 2. The normalized spacial score (nSPS) is 13.3. The monoisotopic (exact) mass is 442 g/mol. The van der Waals surface area contributed by atoms with E-state index in [1.165, 1.54) is 0 Å². The van der Waals surface area contributed by atoms with Crippen LogP contribution in [-0.4, -0.2) is 19.6 Å². The zero-order valence-corrected chi connectivity index (χ0v) is 17.6. The number of hydrogen-bond donors (Lipinski definition) is 5. The molecule has 3 aromatic rings. The first-order chi connectivity index (χ1) is 12.8. The van der Waals surface area contributed by atoms with Gasteiger partial charge < -0.3 is 19.6 Å². The van der Waals surface area contributed by atoms with Crippen LogP contribution in [0.1, 0.15) is 0 Å². The second kappa shape index (κ2) is 8.10. The third-order valence-electron chi connectivity index (χ3n) is 4.00. The highest BCUT2D eigenvalue weighted by Crippen LogP contribution is 2.66. The minimum Gasteiger partial charge on any atom is -0.329 e. The summed E-state index contributed by atoms with van der Waals surface area (Å²) < 4.78 is 5.06. The van der Waals surface area contributed by atoms with Crippen LogP contribution < -0.4 is 0 Å². The average Bonchev–Trinajstić information content (AvgIpc) is 2.63. The standard InChI is InChI=1S/C18H20O5P2S2/c19-24(20,26)23-25(21,22)27(16-10-4-1-5-11-16,17-12-6-2-7-13-17)18-14-8-3-9-15-18/h1-15,21-22,27H,(H2,19,20,26). The van der Waals surface area contributed by atoms with Crippen molar-refractivity contribution < 1.29 is 23.9 Å². The lowest BCUT2D eigenvalue weighted by atomic mass is 10.4. The van der Waals surface area contributed by atoms with E-state index in [2.05, 4.69) is 11.8 Å². The van der Waals surface area contributed by atoms with Gasteiger partial charge in [-0.15, -0.1) is 9.21 Å². The molecular formula is C18H20O5P2S2. The molecule has 0 bridgehead atoms. The lowest BCUT2D eigenvalue weighted by Gasteiger charge is -2.38. The molecular weight excluding hydrogens is 422 g/mol. The van der Waals surface area contributed by atoms with Crippen molar-refractivity contribution in [1.29, 1.82) is 0 Å². The van der Waals surface area contributed by atoms with Crippen LogP contribution in [0.5, 0.6) is 0 Å². The molecule has 0 saturated heterocycles. The molecule has 0 heterocycles. The lowest BCUT2D eigenvalue weighted by molar-refractivity contribution is 0.318. The maximum Gasteiger partial charge on any atom is 0.328 e. The molecule has 144 valence electrons. The zero-order valence-electron chi connectivity index (χ0n) is 14.1. The highest BCUT2D eigenvalue weighted by molar-refractivity contribution is 8.40. The van der Waals surface area contributed by atoms with E-state index >= 15 is 0 Å². The second-order valence-electron chi connectivity index (χ2n) is 5.73. The molecule has 0 fully saturated rings. The van der Waals surface area contributed by atoms with Gasteiger partial charge in [-0.1, -0.05) is 54.6 Å². The molecule has 0 atom stereocenters. The van der Waals surface area contributed by atoms with Crippen molar-refractivity contribution in [2.45, 2.75) is 14.7 Å². The molecule has 0 saturated carbocycles. The zero-order chi connectivity index (χ0) is 19.5. The van der Waals surface area contributed by atoms with E-state index in [1.54, 1.807) is 72.8 Å². The van der Waals surface area contributed by atoms with Crippen molar-refractivity contribution in [1.82, 2.24) is 0 Å². The van der Waals surface area contributed by atoms with Crippen molar-refractivity contribution in [3.05, 3.63) is 91.0 Å². The fraction of sp³-hybridized carbons (Fsp3) is 0. The second-order valence-corrected chi connectivity index (χ2v) is 16.0. The van der Waals surface area contributed by atoms with Crippen LogP contribution >= 0.6 is 13.4 Å². The van der Waals surface area contributed by atoms with Gasteiger partial charge in [0.15, 0.2) is 0 Å². The van der Waals surface area contributed by atoms with Crippen molar-refractivity contribution in [3.63, 3.8) is 0 Å². The Morgan fingerprint density at radius 3 is 1.15 bits per heavy atom. The van der Waals surface area contributed by atoms with E-state index in [4.69, 9.17) is 4.31 Å². The van der Waals surface area contributed by atoms with Gasteiger partial charge in [-0.2, -0.15) is 0 Å². The number of benzene rings is 3. The van der Waals surface area contributed by atoms with E-state index in [0.29, 0.717) is 14.7 Å². The molecule has 0 spiro atoms. The molecule has 9 heteroatoms. The predicted molar refractivity (Wildman–Crippen MR) is 114 cm³/mol. The highest BCUT2D eigenvalue weighted by Gasteiger charge is 2.36. The number of rotatable bonds is 5. The lowest BCUT2D eigenvalue weighted by Crippen LogP contribution is -2.17. The maximum atomic E-state index is 11.3. The molecule has 0 unspecified atom stereocenters. The Bertz CT molecular complexity index is 928. The van der Waals surface area contributed by atoms with E-state index in [1.807, 2.05) is 18.2 Å². The Morgan fingerprint density at radius 1 is 0.593 bits per heavy atom. The van der Waals surface area contributed by atoms with Crippen LogP contribution in [-0.2, 0) is 25.3 Å².